The number of allylic oxidation sites excluding steroid dienone is 3. The third kappa shape index (κ3) is 4.17. The lowest BCUT2D eigenvalue weighted by atomic mass is 10.1. The summed E-state index contributed by atoms with van der Waals surface area (Å²) in [5.41, 5.74) is 2.06. The topological polar surface area (TPSA) is 25.2 Å². The molecule has 0 aliphatic carbocycles. The van der Waals surface area contributed by atoms with E-state index in [1.165, 1.54) is 0 Å². The fourth-order valence-corrected chi connectivity index (χ4v) is 1.45. The van der Waals surface area contributed by atoms with Crippen LogP contribution in [0.5, 0.6) is 0 Å². The van der Waals surface area contributed by atoms with Crippen LogP contribution in [0.3, 0.4) is 0 Å². The molecule has 0 radical (unpaired) electrons. The van der Waals surface area contributed by atoms with Crippen LogP contribution in [0.2, 0.25) is 5.02 Å². The Morgan fingerprint density at radius 3 is 2.65 bits per heavy atom. The summed E-state index contributed by atoms with van der Waals surface area (Å²) < 4.78 is 0. The second kappa shape index (κ2) is 6.38. The van der Waals surface area contributed by atoms with Gasteiger partial charge in [0, 0.05) is 12.4 Å². The highest BCUT2D eigenvalue weighted by molar-refractivity contribution is 6.30. The van der Waals surface area contributed by atoms with Gasteiger partial charge in [0.25, 0.3) is 0 Å². The molecule has 1 heterocycles. The van der Waals surface area contributed by atoms with Gasteiger partial charge >= 0.3 is 0 Å². The number of pyridine rings is 1. The third-order valence-corrected chi connectivity index (χ3v) is 2.40. The molecule has 0 N–H and O–H groups in total. The van der Waals surface area contributed by atoms with Gasteiger partial charge in [-0.2, -0.15) is 0 Å². The number of aliphatic imine (C=N–C) groups is 1. The van der Waals surface area contributed by atoms with Gasteiger partial charge in [-0.05, 0) is 36.3 Å². The number of hydrogen-bond donors (Lipinski definition) is 0. The molecule has 0 saturated carbocycles. The Hall–Kier alpha value is -1.38. The van der Waals surface area contributed by atoms with Crippen LogP contribution in [0.25, 0.3) is 5.57 Å². The fraction of sp³-hybridized carbons (Fsp3) is 0.0769. The number of rotatable bonds is 4. The van der Waals surface area contributed by atoms with E-state index in [4.69, 9.17) is 23.2 Å². The second-order valence-electron chi connectivity index (χ2n) is 3.22. The summed E-state index contributed by atoms with van der Waals surface area (Å²) in [6, 6.07) is 3.53. The Morgan fingerprint density at radius 2 is 2.12 bits per heavy atom. The first kappa shape index (κ1) is 13.7. The van der Waals surface area contributed by atoms with E-state index >= 15 is 0 Å². The number of hydrogen-bond acceptors (Lipinski definition) is 2. The van der Waals surface area contributed by atoms with Gasteiger partial charge in [0.05, 0.1) is 10.7 Å². The molecule has 0 aliphatic heterocycles. The number of halogens is 2. The highest BCUT2D eigenvalue weighted by Crippen LogP contribution is 2.22. The zero-order valence-electron chi connectivity index (χ0n) is 9.45. The summed E-state index contributed by atoms with van der Waals surface area (Å²) in [6.07, 6.45) is 4.81. The zero-order chi connectivity index (χ0) is 12.8. The molecule has 0 unspecified atom stereocenters. The average Bonchev–Trinajstić information content (AvgIpc) is 2.29. The van der Waals surface area contributed by atoms with Crippen molar-refractivity contribution in [2.24, 2.45) is 4.99 Å². The standard InChI is InChI=1S/C13H12Cl2N2/c1-4-16-13(15)7-9(2)10(3)12-6-5-11(14)8-17-12/h4-8H,2-3H2,1H3/b13-7-,16-4-. The highest BCUT2D eigenvalue weighted by Gasteiger charge is 2.03. The quantitative estimate of drug-likeness (QED) is 0.448. The van der Waals surface area contributed by atoms with Crippen LogP contribution in [-0.2, 0) is 0 Å². The van der Waals surface area contributed by atoms with E-state index in [0.29, 0.717) is 27.0 Å². The van der Waals surface area contributed by atoms with Gasteiger partial charge in [0.1, 0.15) is 5.16 Å². The van der Waals surface area contributed by atoms with Crippen LogP contribution < -0.4 is 0 Å². The normalized spacial score (nSPS) is 11.8. The maximum absolute atomic E-state index is 5.85. The second-order valence-corrected chi connectivity index (χ2v) is 4.04. The molecule has 0 atom stereocenters. The summed E-state index contributed by atoms with van der Waals surface area (Å²) in [5, 5.41) is 0.934. The van der Waals surface area contributed by atoms with Crippen molar-refractivity contribution < 1.29 is 0 Å². The molecule has 2 nitrogen and oxygen atoms in total. The van der Waals surface area contributed by atoms with Crippen LogP contribution in [0.15, 0.2) is 53.3 Å². The summed E-state index contributed by atoms with van der Waals surface area (Å²) in [4.78, 5) is 8.06. The van der Waals surface area contributed by atoms with Crippen LogP contribution in [0, 0.1) is 0 Å². The lowest BCUT2D eigenvalue weighted by Gasteiger charge is -2.04. The molecular formula is C13H12Cl2N2. The molecule has 0 aliphatic rings. The van der Waals surface area contributed by atoms with Crippen molar-refractivity contribution in [2.45, 2.75) is 6.92 Å². The van der Waals surface area contributed by atoms with E-state index in [1.54, 1.807) is 37.5 Å². The van der Waals surface area contributed by atoms with E-state index in [0.717, 1.165) is 0 Å². The molecule has 17 heavy (non-hydrogen) atoms. The predicted molar refractivity (Wildman–Crippen MR) is 75.5 cm³/mol. The van der Waals surface area contributed by atoms with Crippen molar-refractivity contribution in [3.05, 3.63) is 59.0 Å². The molecule has 1 aromatic rings. The Bertz CT molecular complexity index is 485. The molecule has 0 aromatic carbocycles. The van der Waals surface area contributed by atoms with Crippen molar-refractivity contribution >= 4 is 35.0 Å². The number of aromatic nitrogens is 1. The van der Waals surface area contributed by atoms with Crippen molar-refractivity contribution in [1.82, 2.24) is 4.98 Å². The SMILES string of the molecule is C=C(/C=C(Cl)\N=C/C)C(=C)c1ccc(Cl)cn1. The first-order valence-corrected chi connectivity index (χ1v) is 5.66. The molecule has 0 amide bonds. The molecule has 1 aromatic heterocycles. The smallest absolute Gasteiger partial charge is 0.129 e. The molecule has 0 fully saturated rings. The molecule has 0 spiro atoms. The monoisotopic (exact) mass is 266 g/mol. The first-order chi connectivity index (χ1) is 8.04. The molecule has 0 bridgehead atoms. The van der Waals surface area contributed by atoms with Crippen LogP contribution in [0.4, 0.5) is 0 Å². The Morgan fingerprint density at radius 1 is 1.41 bits per heavy atom. The van der Waals surface area contributed by atoms with Gasteiger partial charge in [0.15, 0.2) is 0 Å². The van der Waals surface area contributed by atoms with Crippen molar-refractivity contribution in [2.75, 3.05) is 0 Å². The zero-order valence-corrected chi connectivity index (χ0v) is 11.0. The summed E-state index contributed by atoms with van der Waals surface area (Å²) in [6.45, 7) is 9.56. The van der Waals surface area contributed by atoms with Gasteiger partial charge in [-0.1, -0.05) is 36.4 Å². The minimum Gasteiger partial charge on any atom is -0.255 e. The average molecular weight is 267 g/mol. The lowest BCUT2D eigenvalue weighted by molar-refractivity contribution is 1.28. The Balaban J connectivity index is 2.87. The van der Waals surface area contributed by atoms with Gasteiger partial charge in [-0.3, -0.25) is 4.98 Å². The van der Waals surface area contributed by atoms with Crippen molar-refractivity contribution in [1.29, 1.82) is 0 Å². The summed E-state index contributed by atoms with van der Waals surface area (Å²) in [5.74, 6) is 0. The van der Waals surface area contributed by atoms with Crippen molar-refractivity contribution in [3.8, 4) is 0 Å². The minimum atomic E-state index is 0.354. The van der Waals surface area contributed by atoms with Crippen LogP contribution in [-0.4, -0.2) is 11.2 Å². The molecular weight excluding hydrogens is 255 g/mol. The summed E-state index contributed by atoms with van der Waals surface area (Å²) >= 11 is 11.6. The largest absolute Gasteiger partial charge is 0.255 e. The molecule has 88 valence electrons. The van der Waals surface area contributed by atoms with Gasteiger partial charge in [-0.25, -0.2) is 4.99 Å². The van der Waals surface area contributed by atoms with Gasteiger partial charge in [0.2, 0.25) is 0 Å². The van der Waals surface area contributed by atoms with E-state index in [9.17, 15) is 0 Å². The number of nitrogens with zero attached hydrogens (tertiary/aromatic N) is 2. The van der Waals surface area contributed by atoms with E-state index in [1.807, 2.05) is 0 Å². The lowest BCUT2D eigenvalue weighted by Crippen LogP contribution is -1.89. The van der Waals surface area contributed by atoms with Gasteiger partial charge in [-0.15, -0.1) is 0 Å². The van der Waals surface area contributed by atoms with E-state index in [-0.39, 0.29) is 0 Å². The van der Waals surface area contributed by atoms with E-state index in [2.05, 4.69) is 23.1 Å². The Kier molecular flexibility index (Phi) is 5.13. The first-order valence-electron chi connectivity index (χ1n) is 4.90. The van der Waals surface area contributed by atoms with E-state index < -0.39 is 0 Å². The highest BCUT2D eigenvalue weighted by atomic mass is 35.5. The predicted octanol–water partition coefficient (Wildman–Crippen LogP) is 4.48. The third-order valence-electron chi connectivity index (χ3n) is 1.97. The molecule has 1 rings (SSSR count). The van der Waals surface area contributed by atoms with Crippen LogP contribution in [0.1, 0.15) is 12.6 Å². The molecule has 0 saturated heterocycles. The van der Waals surface area contributed by atoms with Crippen molar-refractivity contribution in [3.63, 3.8) is 0 Å². The van der Waals surface area contributed by atoms with Crippen LogP contribution >= 0.6 is 23.2 Å². The Labute approximate surface area is 111 Å². The fourth-order valence-electron chi connectivity index (χ4n) is 1.11. The van der Waals surface area contributed by atoms with Gasteiger partial charge < -0.3 is 0 Å². The molecule has 4 heteroatoms. The maximum Gasteiger partial charge on any atom is 0.129 e. The maximum atomic E-state index is 5.85. The summed E-state index contributed by atoms with van der Waals surface area (Å²) in [7, 11) is 0. The minimum absolute atomic E-state index is 0.354.